The molecule has 0 spiro atoms. The zero-order valence-corrected chi connectivity index (χ0v) is 11.5. The lowest BCUT2D eigenvalue weighted by Crippen LogP contribution is -2.35. The molecule has 0 saturated carbocycles. The summed E-state index contributed by atoms with van der Waals surface area (Å²) in [5.74, 6) is 0.670. The molecule has 0 aliphatic carbocycles. The van der Waals surface area contributed by atoms with Gasteiger partial charge in [-0.3, -0.25) is 0 Å². The van der Waals surface area contributed by atoms with Gasteiger partial charge in [0.15, 0.2) is 0 Å². The van der Waals surface area contributed by atoms with Gasteiger partial charge in [-0.2, -0.15) is 0 Å². The average molecular weight is 251 g/mol. The SMILES string of the molecule is CC1Cc2ccccc2CNC1Cc1ccccc1. The highest BCUT2D eigenvalue weighted by Gasteiger charge is 2.22. The molecule has 2 aromatic rings. The van der Waals surface area contributed by atoms with E-state index in [1.165, 1.54) is 23.1 Å². The molecule has 2 atom stereocenters. The standard InChI is InChI=1S/C18H21N/c1-14-11-16-9-5-6-10-17(16)13-19-18(14)12-15-7-3-2-4-8-15/h2-10,14,18-19H,11-13H2,1H3. The van der Waals surface area contributed by atoms with Crippen molar-refractivity contribution in [3.8, 4) is 0 Å². The van der Waals surface area contributed by atoms with Crippen LogP contribution in [0.25, 0.3) is 0 Å². The first-order valence-corrected chi connectivity index (χ1v) is 7.17. The van der Waals surface area contributed by atoms with Crippen molar-refractivity contribution in [2.24, 2.45) is 5.92 Å². The Hall–Kier alpha value is -1.60. The summed E-state index contributed by atoms with van der Waals surface area (Å²) in [6, 6.07) is 20.2. The third-order valence-electron chi connectivity index (χ3n) is 4.20. The second-order valence-corrected chi connectivity index (χ2v) is 5.63. The maximum Gasteiger partial charge on any atom is 0.0211 e. The normalized spacial score (nSPS) is 22.6. The molecule has 0 aromatic heterocycles. The maximum atomic E-state index is 3.74. The summed E-state index contributed by atoms with van der Waals surface area (Å²) in [7, 11) is 0. The molecule has 2 unspecified atom stereocenters. The largest absolute Gasteiger partial charge is 0.309 e. The second kappa shape index (κ2) is 5.58. The summed E-state index contributed by atoms with van der Waals surface area (Å²) in [6.45, 7) is 3.36. The molecule has 3 rings (SSSR count). The van der Waals surface area contributed by atoms with Crippen LogP contribution >= 0.6 is 0 Å². The van der Waals surface area contributed by atoms with E-state index in [-0.39, 0.29) is 0 Å². The van der Waals surface area contributed by atoms with Crippen molar-refractivity contribution >= 4 is 0 Å². The van der Waals surface area contributed by atoms with Crippen molar-refractivity contribution in [2.45, 2.75) is 32.4 Å². The van der Waals surface area contributed by atoms with Crippen LogP contribution in [0.1, 0.15) is 23.6 Å². The van der Waals surface area contributed by atoms with Crippen LogP contribution in [0.2, 0.25) is 0 Å². The minimum absolute atomic E-state index is 0.565. The topological polar surface area (TPSA) is 12.0 Å². The Morgan fingerprint density at radius 2 is 1.63 bits per heavy atom. The van der Waals surface area contributed by atoms with Gasteiger partial charge in [0.1, 0.15) is 0 Å². The van der Waals surface area contributed by atoms with Crippen LogP contribution in [0.4, 0.5) is 0 Å². The quantitative estimate of drug-likeness (QED) is 0.860. The van der Waals surface area contributed by atoms with Gasteiger partial charge in [0, 0.05) is 12.6 Å². The minimum atomic E-state index is 0.565. The van der Waals surface area contributed by atoms with Crippen LogP contribution in [-0.2, 0) is 19.4 Å². The van der Waals surface area contributed by atoms with Gasteiger partial charge in [0.25, 0.3) is 0 Å². The molecule has 0 amide bonds. The fraction of sp³-hybridized carbons (Fsp3) is 0.333. The lowest BCUT2D eigenvalue weighted by Gasteiger charge is -2.22. The van der Waals surface area contributed by atoms with Crippen molar-refractivity contribution in [3.05, 3.63) is 71.3 Å². The molecule has 1 heteroatoms. The first-order valence-electron chi connectivity index (χ1n) is 7.17. The van der Waals surface area contributed by atoms with Crippen LogP contribution in [0.5, 0.6) is 0 Å². The fourth-order valence-corrected chi connectivity index (χ4v) is 3.00. The van der Waals surface area contributed by atoms with Crippen molar-refractivity contribution in [1.82, 2.24) is 5.32 Å². The van der Waals surface area contributed by atoms with Gasteiger partial charge in [0.05, 0.1) is 0 Å². The van der Waals surface area contributed by atoms with Gasteiger partial charge in [-0.15, -0.1) is 0 Å². The Kier molecular flexibility index (Phi) is 3.65. The third kappa shape index (κ3) is 2.87. The number of benzene rings is 2. The highest BCUT2D eigenvalue weighted by atomic mass is 14.9. The maximum absolute atomic E-state index is 3.74. The van der Waals surface area contributed by atoms with E-state index in [1.54, 1.807) is 0 Å². The molecular weight excluding hydrogens is 230 g/mol. The molecule has 0 fully saturated rings. The molecule has 1 N–H and O–H groups in total. The van der Waals surface area contributed by atoms with E-state index in [0.29, 0.717) is 12.0 Å². The van der Waals surface area contributed by atoms with Crippen LogP contribution in [0.3, 0.4) is 0 Å². The number of hydrogen-bond donors (Lipinski definition) is 1. The van der Waals surface area contributed by atoms with Crippen LogP contribution in [0.15, 0.2) is 54.6 Å². The Balaban J connectivity index is 1.76. The number of hydrogen-bond acceptors (Lipinski definition) is 1. The average Bonchev–Trinajstić information content (AvgIpc) is 2.60. The molecule has 19 heavy (non-hydrogen) atoms. The number of fused-ring (bicyclic) bond motifs is 1. The Morgan fingerprint density at radius 1 is 0.947 bits per heavy atom. The summed E-state index contributed by atoms with van der Waals surface area (Å²) in [4.78, 5) is 0. The molecule has 2 aromatic carbocycles. The van der Waals surface area contributed by atoms with Gasteiger partial charge in [0.2, 0.25) is 0 Å². The minimum Gasteiger partial charge on any atom is -0.309 e. The van der Waals surface area contributed by atoms with Gasteiger partial charge in [-0.05, 0) is 35.4 Å². The van der Waals surface area contributed by atoms with Crippen molar-refractivity contribution in [1.29, 1.82) is 0 Å². The summed E-state index contributed by atoms with van der Waals surface area (Å²) in [6.07, 6.45) is 2.30. The fourth-order valence-electron chi connectivity index (χ4n) is 3.00. The van der Waals surface area contributed by atoms with E-state index < -0.39 is 0 Å². The zero-order chi connectivity index (χ0) is 13.1. The second-order valence-electron chi connectivity index (χ2n) is 5.63. The van der Waals surface area contributed by atoms with Crippen LogP contribution < -0.4 is 5.32 Å². The van der Waals surface area contributed by atoms with Gasteiger partial charge in [-0.1, -0.05) is 61.5 Å². The van der Waals surface area contributed by atoms with E-state index in [0.717, 1.165) is 13.0 Å². The van der Waals surface area contributed by atoms with Crippen molar-refractivity contribution < 1.29 is 0 Å². The van der Waals surface area contributed by atoms with Crippen molar-refractivity contribution in [3.63, 3.8) is 0 Å². The van der Waals surface area contributed by atoms with Crippen LogP contribution in [-0.4, -0.2) is 6.04 Å². The summed E-state index contributed by atoms with van der Waals surface area (Å²) >= 11 is 0. The Bertz CT molecular complexity index is 532. The summed E-state index contributed by atoms with van der Waals surface area (Å²) in [5.41, 5.74) is 4.40. The highest BCUT2D eigenvalue weighted by molar-refractivity contribution is 5.29. The first-order chi connectivity index (χ1) is 9.33. The predicted molar refractivity (Wildman–Crippen MR) is 80.1 cm³/mol. The van der Waals surface area contributed by atoms with Gasteiger partial charge >= 0.3 is 0 Å². The number of nitrogens with one attached hydrogen (secondary N) is 1. The molecule has 1 nitrogen and oxygen atoms in total. The molecule has 0 bridgehead atoms. The van der Waals surface area contributed by atoms with Crippen LogP contribution in [0, 0.1) is 5.92 Å². The van der Waals surface area contributed by atoms with Gasteiger partial charge < -0.3 is 5.32 Å². The summed E-state index contributed by atoms with van der Waals surface area (Å²) in [5, 5.41) is 3.74. The molecule has 1 heterocycles. The monoisotopic (exact) mass is 251 g/mol. The first kappa shape index (κ1) is 12.4. The van der Waals surface area contributed by atoms with E-state index in [4.69, 9.17) is 0 Å². The molecule has 1 aliphatic heterocycles. The number of rotatable bonds is 2. The zero-order valence-electron chi connectivity index (χ0n) is 11.5. The Labute approximate surface area is 115 Å². The molecular formula is C18H21N. The van der Waals surface area contributed by atoms with E-state index in [9.17, 15) is 0 Å². The van der Waals surface area contributed by atoms with E-state index in [2.05, 4.69) is 66.8 Å². The molecule has 1 aliphatic rings. The van der Waals surface area contributed by atoms with Gasteiger partial charge in [-0.25, -0.2) is 0 Å². The lowest BCUT2D eigenvalue weighted by molar-refractivity contribution is 0.383. The molecule has 0 saturated heterocycles. The smallest absolute Gasteiger partial charge is 0.0211 e. The molecule has 0 radical (unpaired) electrons. The van der Waals surface area contributed by atoms with E-state index >= 15 is 0 Å². The molecule has 98 valence electrons. The third-order valence-corrected chi connectivity index (χ3v) is 4.20. The van der Waals surface area contributed by atoms with Crippen molar-refractivity contribution in [2.75, 3.05) is 0 Å². The lowest BCUT2D eigenvalue weighted by atomic mass is 9.90. The van der Waals surface area contributed by atoms with E-state index in [1.807, 2.05) is 0 Å². The predicted octanol–water partition coefficient (Wildman–Crippen LogP) is 3.58. The summed E-state index contributed by atoms with van der Waals surface area (Å²) < 4.78 is 0. The highest BCUT2D eigenvalue weighted by Crippen LogP contribution is 2.22. The Morgan fingerprint density at radius 3 is 2.42 bits per heavy atom.